The Bertz CT molecular complexity index is 666. The van der Waals surface area contributed by atoms with Gasteiger partial charge in [-0.25, -0.2) is 4.39 Å². The van der Waals surface area contributed by atoms with Crippen LogP contribution >= 0.6 is 11.6 Å². The number of hydrogen-bond donors (Lipinski definition) is 1. The Morgan fingerprint density at radius 3 is 2.80 bits per heavy atom. The largest absolute Gasteiger partial charge is 0.344 e. The van der Waals surface area contributed by atoms with E-state index in [9.17, 15) is 18.8 Å². The molecule has 0 unspecified atom stereocenters. The first-order chi connectivity index (χ1) is 9.45. The van der Waals surface area contributed by atoms with Crippen molar-refractivity contribution in [2.75, 3.05) is 18.0 Å². The standard InChI is InChI=1S/C13H8ClFN2O3/c1-2-3-16-11(18)6-17-10-5-9(15)8(14)4-7(10)12(19)13(17)20/h1,4-5H,3,6H2,(H,16,18). The monoisotopic (exact) mass is 294 g/mol. The van der Waals surface area contributed by atoms with E-state index in [-0.39, 0.29) is 22.8 Å². The van der Waals surface area contributed by atoms with Crippen molar-refractivity contribution < 1.29 is 18.8 Å². The summed E-state index contributed by atoms with van der Waals surface area (Å²) >= 11 is 5.57. The summed E-state index contributed by atoms with van der Waals surface area (Å²) in [5, 5.41) is 2.09. The molecular weight excluding hydrogens is 287 g/mol. The summed E-state index contributed by atoms with van der Waals surface area (Å²) in [5.41, 5.74) is 0.00362. The minimum atomic E-state index is -0.905. The van der Waals surface area contributed by atoms with Crippen LogP contribution in [0, 0.1) is 18.2 Å². The Balaban J connectivity index is 2.31. The topological polar surface area (TPSA) is 66.5 Å². The van der Waals surface area contributed by atoms with Crippen LogP contribution in [0.2, 0.25) is 5.02 Å². The molecule has 0 atom stereocenters. The van der Waals surface area contributed by atoms with Crippen molar-refractivity contribution in [1.29, 1.82) is 0 Å². The van der Waals surface area contributed by atoms with E-state index in [0.29, 0.717) is 0 Å². The Labute approximate surface area is 118 Å². The molecule has 0 radical (unpaired) electrons. The molecule has 1 heterocycles. The van der Waals surface area contributed by atoms with E-state index in [4.69, 9.17) is 18.0 Å². The number of terminal acetylenes is 1. The van der Waals surface area contributed by atoms with Gasteiger partial charge in [0.05, 0.1) is 22.8 Å². The van der Waals surface area contributed by atoms with Crippen LogP contribution in [-0.2, 0) is 9.59 Å². The van der Waals surface area contributed by atoms with E-state index in [1.807, 2.05) is 0 Å². The highest BCUT2D eigenvalue weighted by atomic mass is 35.5. The van der Waals surface area contributed by atoms with E-state index in [1.165, 1.54) is 0 Å². The van der Waals surface area contributed by atoms with Crippen molar-refractivity contribution in [3.8, 4) is 12.3 Å². The van der Waals surface area contributed by atoms with Crippen LogP contribution in [-0.4, -0.2) is 30.7 Å². The van der Waals surface area contributed by atoms with Crippen LogP contribution in [0.25, 0.3) is 0 Å². The number of carbonyl (C=O) groups excluding carboxylic acids is 3. The smallest absolute Gasteiger partial charge is 0.299 e. The fourth-order valence-electron chi connectivity index (χ4n) is 1.79. The van der Waals surface area contributed by atoms with Crippen molar-refractivity contribution in [2.45, 2.75) is 0 Å². The maximum atomic E-state index is 13.4. The molecule has 1 aliphatic rings. The Kier molecular flexibility index (Phi) is 3.72. The normalized spacial score (nSPS) is 13.2. The van der Waals surface area contributed by atoms with Gasteiger partial charge in [-0.15, -0.1) is 6.42 Å². The SMILES string of the molecule is C#CCNC(=O)CN1C(=O)C(=O)c2cc(Cl)c(F)cc21. The summed E-state index contributed by atoms with van der Waals surface area (Å²) in [6.45, 7) is -0.420. The lowest BCUT2D eigenvalue weighted by molar-refractivity contribution is -0.121. The van der Waals surface area contributed by atoms with E-state index >= 15 is 0 Å². The lowest BCUT2D eigenvalue weighted by atomic mass is 10.1. The molecule has 1 aromatic carbocycles. The second-order valence-electron chi connectivity index (χ2n) is 3.98. The fourth-order valence-corrected chi connectivity index (χ4v) is 1.96. The van der Waals surface area contributed by atoms with E-state index in [2.05, 4.69) is 11.2 Å². The first-order valence-corrected chi connectivity index (χ1v) is 5.89. The van der Waals surface area contributed by atoms with Crippen molar-refractivity contribution in [3.05, 3.63) is 28.5 Å². The van der Waals surface area contributed by atoms with Gasteiger partial charge in [-0.1, -0.05) is 17.5 Å². The Morgan fingerprint density at radius 2 is 2.15 bits per heavy atom. The van der Waals surface area contributed by atoms with Gasteiger partial charge in [-0.2, -0.15) is 0 Å². The van der Waals surface area contributed by atoms with Crippen LogP contribution < -0.4 is 10.2 Å². The average Bonchev–Trinajstić information content (AvgIpc) is 2.63. The lowest BCUT2D eigenvalue weighted by Gasteiger charge is -2.15. The second-order valence-corrected chi connectivity index (χ2v) is 4.39. The summed E-state index contributed by atoms with van der Waals surface area (Å²) in [6, 6.07) is 2.03. The number of nitrogens with one attached hydrogen (secondary N) is 1. The van der Waals surface area contributed by atoms with Gasteiger partial charge in [0, 0.05) is 0 Å². The predicted octanol–water partition coefficient (Wildman–Crippen LogP) is 0.758. The van der Waals surface area contributed by atoms with Gasteiger partial charge in [0.15, 0.2) is 0 Å². The summed E-state index contributed by atoms with van der Waals surface area (Å²) in [7, 11) is 0. The van der Waals surface area contributed by atoms with E-state index in [1.54, 1.807) is 0 Å². The van der Waals surface area contributed by atoms with Crippen LogP contribution in [0.5, 0.6) is 0 Å². The first-order valence-electron chi connectivity index (χ1n) is 5.51. The molecular formula is C13H8ClFN2O3. The molecule has 0 saturated carbocycles. The number of rotatable bonds is 3. The molecule has 1 N–H and O–H groups in total. The fraction of sp³-hybridized carbons (Fsp3) is 0.154. The molecule has 0 fully saturated rings. The number of nitrogens with zero attached hydrogens (tertiary/aromatic N) is 1. The third-order valence-electron chi connectivity index (χ3n) is 2.70. The number of fused-ring (bicyclic) bond motifs is 1. The summed E-state index contributed by atoms with van der Waals surface area (Å²) in [6.07, 6.45) is 4.98. The number of amides is 2. The molecule has 1 aliphatic heterocycles. The molecule has 102 valence electrons. The van der Waals surface area contributed by atoms with Gasteiger partial charge in [0.25, 0.3) is 11.7 Å². The molecule has 1 aromatic rings. The third kappa shape index (κ3) is 2.36. The average molecular weight is 295 g/mol. The van der Waals surface area contributed by atoms with Gasteiger partial charge in [-0.05, 0) is 12.1 Å². The highest BCUT2D eigenvalue weighted by Gasteiger charge is 2.37. The van der Waals surface area contributed by atoms with Gasteiger partial charge in [-0.3, -0.25) is 19.3 Å². The zero-order chi connectivity index (χ0) is 14.9. The Morgan fingerprint density at radius 1 is 1.45 bits per heavy atom. The summed E-state index contributed by atoms with van der Waals surface area (Å²) in [5.74, 6) is -0.858. The molecule has 2 amide bonds. The van der Waals surface area contributed by atoms with Crippen molar-refractivity contribution >= 4 is 34.9 Å². The number of Topliss-reactive ketones (excluding diaryl/α,β-unsaturated/α-hetero) is 1. The van der Waals surface area contributed by atoms with Gasteiger partial charge in [0.2, 0.25) is 5.91 Å². The number of anilines is 1. The highest BCUT2D eigenvalue weighted by molar-refractivity contribution is 6.53. The van der Waals surface area contributed by atoms with Gasteiger partial charge in [0.1, 0.15) is 12.4 Å². The van der Waals surface area contributed by atoms with Crippen LogP contribution in [0.15, 0.2) is 12.1 Å². The zero-order valence-corrected chi connectivity index (χ0v) is 10.8. The number of benzene rings is 1. The molecule has 0 aliphatic carbocycles. The minimum absolute atomic E-state index is 0.00333. The molecule has 7 heteroatoms. The van der Waals surface area contributed by atoms with Crippen molar-refractivity contribution in [3.63, 3.8) is 0 Å². The molecule has 2 rings (SSSR count). The molecule has 0 saturated heterocycles. The Hall–Kier alpha value is -2.39. The quantitative estimate of drug-likeness (QED) is 0.661. The van der Waals surface area contributed by atoms with Gasteiger partial charge >= 0.3 is 0 Å². The van der Waals surface area contributed by atoms with Crippen molar-refractivity contribution in [2.24, 2.45) is 0 Å². The zero-order valence-electron chi connectivity index (χ0n) is 10.1. The molecule has 0 bridgehead atoms. The first kappa shape index (κ1) is 14.0. The number of ketones is 1. The maximum Gasteiger partial charge on any atom is 0.299 e. The number of carbonyl (C=O) groups is 3. The molecule has 5 nitrogen and oxygen atoms in total. The van der Waals surface area contributed by atoms with Crippen LogP contribution in [0.4, 0.5) is 10.1 Å². The third-order valence-corrected chi connectivity index (χ3v) is 2.99. The lowest BCUT2D eigenvalue weighted by Crippen LogP contribution is -2.40. The maximum absolute atomic E-state index is 13.4. The number of hydrogen-bond acceptors (Lipinski definition) is 3. The van der Waals surface area contributed by atoms with Gasteiger partial charge < -0.3 is 5.32 Å². The molecule has 20 heavy (non-hydrogen) atoms. The summed E-state index contributed by atoms with van der Waals surface area (Å²) < 4.78 is 13.4. The van der Waals surface area contributed by atoms with Crippen LogP contribution in [0.3, 0.4) is 0 Å². The van der Waals surface area contributed by atoms with E-state index < -0.39 is 30.0 Å². The summed E-state index contributed by atoms with van der Waals surface area (Å²) in [4.78, 5) is 35.9. The van der Waals surface area contributed by atoms with E-state index in [0.717, 1.165) is 17.0 Å². The van der Waals surface area contributed by atoms with Crippen molar-refractivity contribution in [1.82, 2.24) is 5.32 Å². The second kappa shape index (κ2) is 5.31. The molecule has 0 spiro atoms. The van der Waals surface area contributed by atoms with Crippen LogP contribution in [0.1, 0.15) is 10.4 Å². The number of halogens is 2. The molecule has 0 aromatic heterocycles. The predicted molar refractivity (Wildman–Crippen MR) is 69.9 cm³/mol. The minimum Gasteiger partial charge on any atom is -0.344 e. The highest BCUT2D eigenvalue weighted by Crippen LogP contribution is 2.32.